The van der Waals surface area contributed by atoms with Crippen molar-refractivity contribution in [1.82, 2.24) is 10.3 Å². The molecule has 110 valence electrons. The highest BCUT2D eigenvalue weighted by atomic mass is 16.5. The smallest absolute Gasteiger partial charge is 0.255 e. The summed E-state index contributed by atoms with van der Waals surface area (Å²) in [4.78, 5) is 16.3. The van der Waals surface area contributed by atoms with Gasteiger partial charge in [0.1, 0.15) is 0 Å². The first-order valence-electron chi connectivity index (χ1n) is 6.81. The highest BCUT2D eigenvalue weighted by molar-refractivity contribution is 5.99. The van der Waals surface area contributed by atoms with Gasteiger partial charge in [-0.3, -0.25) is 15.6 Å². The predicted molar refractivity (Wildman–Crippen MR) is 77.3 cm³/mol. The van der Waals surface area contributed by atoms with Crippen LogP contribution in [0.2, 0.25) is 0 Å². The Morgan fingerprint density at radius 3 is 2.90 bits per heavy atom. The van der Waals surface area contributed by atoms with Gasteiger partial charge in [-0.25, -0.2) is 0 Å². The van der Waals surface area contributed by atoms with Crippen LogP contribution in [0.25, 0.3) is 0 Å². The number of nitrogens with two attached hydrogens (primary N) is 1. The van der Waals surface area contributed by atoms with Gasteiger partial charge >= 0.3 is 0 Å². The van der Waals surface area contributed by atoms with Gasteiger partial charge in [-0.15, -0.1) is 0 Å². The Labute approximate surface area is 119 Å². The maximum absolute atomic E-state index is 12.2. The number of amides is 1. The molecule has 1 heterocycles. The van der Waals surface area contributed by atoms with Gasteiger partial charge in [-0.2, -0.15) is 0 Å². The molecule has 0 bridgehead atoms. The van der Waals surface area contributed by atoms with E-state index >= 15 is 0 Å². The second-order valence-electron chi connectivity index (χ2n) is 5.44. The van der Waals surface area contributed by atoms with Gasteiger partial charge in [-0.05, 0) is 37.7 Å². The molecule has 0 aliphatic heterocycles. The number of methoxy groups -OCH3 is 1. The van der Waals surface area contributed by atoms with E-state index in [-0.39, 0.29) is 11.3 Å². The zero-order valence-electron chi connectivity index (χ0n) is 12.0. The van der Waals surface area contributed by atoms with Gasteiger partial charge in [0.2, 0.25) is 0 Å². The van der Waals surface area contributed by atoms with Gasteiger partial charge in [0.15, 0.2) is 0 Å². The van der Waals surface area contributed by atoms with Crippen molar-refractivity contribution in [2.24, 2.45) is 11.3 Å². The zero-order chi connectivity index (χ0) is 14.6. The molecule has 1 aliphatic rings. The van der Waals surface area contributed by atoms with Crippen molar-refractivity contribution in [1.29, 1.82) is 0 Å². The number of hydrogen-bond acceptors (Lipinski definition) is 5. The number of rotatable bonds is 7. The zero-order valence-corrected chi connectivity index (χ0v) is 12.0. The molecule has 1 fully saturated rings. The first-order chi connectivity index (χ1) is 9.60. The van der Waals surface area contributed by atoms with E-state index in [1.807, 2.05) is 6.92 Å². The fourth-order valence-corrected chi connectivity index (χ4v) is 2.23. The number of pyridine rings is 1. The number of anilines is 1. The van der Waals surface area contributed by atoms with Gasteiger partial charge in [-0.1, -0.05) is 0 Å². The molecule has 0 unspecified atom stereocenters. The van der Waals surface area contributed by atoms with Crippen LogP contribution in [0, 0.1) is 12.3 Å². The van der Waals surface area contributed by atoms with Gasteiger partial charge in [0.05, 0.1) is 11.3 Å². The van der Waals surface area contributed by atoms with Crippen LogP contribution in [0.1, 0.15) is 35.3 Å². The monoisotopic (exact) mass is 278 g/mol. The van der Waals surface area contributed by atoms with Crippen LogP contribution in [0.5, 0.6) is 0 Å². The standard InChI is InChI=1S/C14H22N4O2/c1-10-7-12(18-15)11(8-16-10)13(19)17-9-14(3-4-14)5-6-20-2/h7-8H,3-6,9,15H2,1-2H3,(H,16,18)(H,17,19). The lowest BCUT2D eigenvalue weighted by Gasteiger charge is -2.16. The molecule has 6 heteroatoms. The quantitative estimate of drug-likeness (QED) is 0.515. The molecule has 1 aliphatic carbocycles. The Morgan fingerprint density at radius 1 is 1.55 bits per heavy atom. The fraction of sp³-hybridized carbons (Fsp3) is 0.571. The van der Waals surface area contributed by atoms with Crippen molar-refractivity contribution in [2.45, 2.75) is 26.2 Å². The average molecular weight is 278 g/mol. The summed E-state index contributed by atoms with van der Waals surface area (Å²) in [7, 11) is 1.70. The number of ether oxygens (including phenoxy) is 1. The number of aryl methyl sites for hydroxylation is 1. The third-order valence-electron chi connectivity index (χ3n) is 3.86. The van der Waals surface area contributed by atoms with E-state index in [1.54, 1.807) is 19.4 Å². The number of carbonyl (C=O) groups is 1. The van der Waals surface area contributed by atoms with Crippen LogP contribution >= 0.6 is 0 Å². The minimum Gasteiger partial charge on any atom is -0.385 e. The van der Waals surface area contributed by atoms with Crippen molar-refractivity contribution in [2.75, 3.05) is 25.7 Å². The molecular weight excluding hydrogens is 256 g/mol. The maximum Gasteiger partial charge on any atom is 0.255 e. The lowest BCUT2D eigenvalue weighted by atomic mass is 10.0. The Bertz CT molecular complexity index is 486. The third kappa shape index (κ3) is 3.46. The van der Waals surface area contributed by atoms with E-state index < -0.39 is 0 Å². The molecule has 20 heavy (non-hydrogen) atoms. The lowest BCUT2D eigenvalue weighted by Crippen LogP contribution is -2.31. The maximum atomic E-state index is 12.2. The number of nitrogen functional groups attached to an aromatic ring is 1. The Morgan fingerprint density at radius 2 is 2.30 bits per heavy atom. The van der Waals surface area contributed by atoms with Crippen molar-refractivity contribution >= 4 is 11.6 Å². The van der Waals surface area contributed by atoms with Crippen LogP contribution in [0.15, 0.2) is 12.3 Å². The molecule has 0 atom stereocenters. The van der Waals surface area contributed by atoms with Crippen LogP contribution in [0.4, 0.5) is 5.69 Å². The minimum atomic E-state index is -0.144. The summed E-state index contributed by atoms with van der Waals surface area (Å²) >= 11 is 0. The predicted octanol–water partition coefficient (Wildman–Crippen LogP) is 1.22. The van der Waals surface area contributed by atoms with Gasteiger partial charge in [0.25, 0.3) is 5.91 Å². The topological polar surface area (TPSA) is 89.3 Å². The summed E-state index contributed by atoms with van der Waals surface area (Å²) in [6.07, 6.45) is 4.82. The number of carbonyl (C=O) groups excluding carboxylic acids is 1. The van der Waals surface area contributed by atoms with E-state index in [9.17, 15) is 4.79 Å². The summed E-state index contributed by atoms with van der Waals surface area (Å²) in [6, 6.07) is 1.76. The minimum absolute atomic E-state index is 0.144. The van der Waals surface area contributed by atoms with Crippen molar-refractivity contribution < 1.29 is 9.53 Å². The normalized spacial score (nSPS) is 15.8. The Balaban J connectivity index is 1.95. The summed E-state index contributed by atoms with van der Waals surface area (Å²) in [5.41, 5.74) is 4.65. The average Bonchev–Trinajstić information content (AvgIpc) is 3.23. The summed E-state index contributed by atoms with van der Waals surface area (Å²) in [5, 5.41) is 2.97. The van der Waals surface area contributed by atoms with E-state index in [1.165, 1.54) is 0 Å². The first kappa shape index (κ1) is 14.7. The van der Waals surface area contributed by atoms with Gasteiger partial charge in [0, 0.05) is 32.2 Å². The van der Waals surface area contributed by atoms with Crippen molar-refractivity contribution in [3.8, 4) is 0 Å². The number of nitrogens with one attached hydrogen (secondary N) is 2. The molecule has 0 saturated heterocycles. The number of hydrazine groups is 1. The summed E-state index contributed by atoms with van der Waals surface area (Å²) in [6.45, 7) is 3.26. The van der Waals surface area contributed by atoms with E-state index in [0.29, 0.717) is 17.8 Å². The molecule has 6 nitrogen and oxygen atoms in total. The van der Waals surface area contributed by atoms with E-state index in [4.69, 9.17) is 10.6 Å². The van der Waals surface area contributed by atoms with Crippen molar-refractivity contribution in [3.63, 3.8) is 0 Å². The molecule has 4 N–H and O–H groups in total. The Kier molecular flexibility index (Phi) is 4.57. The van der Waals surface area contributed by atoms with E-state index in [0.717, 1.165) is 31.6 Å². The second-order valence-corrected chi connectivity index (χ2v) is 5.44. The molecule has 0 spiro atoms. The molecule has 1 aromatic heterocycles. The molecule has 0 aromatic carbocycles. The molecular formula is C14H22N4O2. The molecule has 1 aromatic rings. The number of aromatic nitrogens is 1. The Hall–Kier alpha value is -1.66. The van der Waals surface area contributed by atoms with Crippen LogP contribution in [-0.4, -0.2) is 31.2 Å². The molecule has 1 amide bonds. The number of nitrogens with zero attached hydrogens (tertiary/aromatic N) is 1. The van der Waals surface area contributed by atoms with Crippen LogP contribution in [0.3, 0.4) is 0 Å². The molecule has 2 rings (SSSR count). The van der Waals surface area contributed by atoms with Gasteiger partial charge < -0.3 is 15.5 Å². The summed E-state index contributed by atoms with van der Waals surface area (Å²) in [5.74, 6) is 5.30. The van der Waals surface area contributed by atoms with E-state index in [2.05, 4.69) is 15.7 Å². The third-order valence-corrected chi connectivity index (χ3v) is 3.86. The summed E-state index contributed by atoms with van der Waals surface area (Å²) < 4.78 is 5.11. The second kappa shape index (κ2) is 6.19. The fourth-order valence-electron chi connectivity index (χ4n) is 2.23. The lowest BCUT2D eigenvalue weighted by molar-refractivity contribution is 0.0938. The largest absolute Gasteiger partial charge is 0.385 e. The highest BCUT2D eigenvalue weighted by Crippen LogP contribution is 2.48. The number of hydrogen-bond donors (Lipinski definition) is 3. The molecule has 1 saturated carbocycles. The highest BCUT2D eigenvalue weighted by Gasteiger charge is 2.42. The SMILES string of the molecule is COCCC1(CNC(=O)c2cnc(C)cc2NN)CC1. The van der Waals surface area contributed by atoms with Crippen LogP contribution in [-0.2, 0) is 4.74 Å². The van der Waals surface area contributed by atoms with Crippen molar-refractivity contribution in [3.05, 3.63) is 23.5 Å². The first-order valence-corrected chi connectivity index (χ1v) is 6.81. The molecule has 0 radical (unpaired) electrons. The van der Waals surface area contributed by atoms with Crippen LogP contribution < -0.4 is 16.6 Å².